The van der Waals surface area contributed by atoms with E-state index in [0.29, 0.717) is 5.46 Å². The summed E-state index contributed by atoms with van der Waals surface area (Å²) in [5.41, 5.74) is -0.914. The minimum Gasteiger partial charge on any atom is -0.399 e. The van der Waals surface area contributed by atoms with Gasteiger partial charge in [-0.05, 0) is 46.1 Å². The summed E-state index contributed by atoms with van der Waals surface area (Å²) in [6.07, 6.45) is 0. The fourth-order valence-corrected chi connectivity index (χ4v) is 2.13. The van der Waals surface area contributed by atoms with Crippen LogP contribution >= 0.6 is 0 Å². The second-order valence-electron chi connectivity index (χ2n) is 5.96. The van der Waals surface area contributed by atoms with Crippen molar-refractivity contribution in [3.05, 3.63) is 33.6 Å². The van der Waals surface area contributed by atoms with Gasteiger partial charge < -0.3 is 9.31 Å². The highest BCUT2D eigenvalue weighted by molar-refractivity contribution is 6.62. The normalized spacial score (nSPS) is 20.2. The Morgan fingerprint density at radius 3 is 2.15 bits per heavy atom. The molecule has 108 valence electrons. The van der Waals surface area contributed by atoms with Gasteiger partial charge in [0, 0.05) is 5.56 Å². The molecule has 1 fully saturated rings. The van der Waals surface area contributed by atoms with Crippen molar-refractivity contribution in [2.75, 3.05) is 0 Å². The molecule has 0 bridgehead atoms. The lowest BCUT2D eigenvalue weighted by Crippen LogP contribution is -2.41. The van der Waals surface area contributed by atoms with E-state index in [1.165, 1.54) is 13.0 Å². The lowest BCUT2D eigenvalue weighted by atomic mass is 9.76. The first kappa shape index (κ1) is 14.9. The largest absolute Gasteiger partial charge is 0.495 e. The summed E-state index contributed by atoms with van der Waals surface area (Å²) in [5.74, 6) is -0.854. The van der Waals surface area contributed by atoms with Gasteiger partial charge in [-0.3, -0.25) is 10.1 Å². The Morgan fingerprint density at radius 1 is 1.20 bits per heavy atom. The lowest BCUT2D eigenvalue weighted by molar-refractivity contribution is -0.388. The Kier molecular flexibility index (Phi) is 3.38. The molecule has 2 rings (SSSR count). The molecular weight excluding hydrogens is 264 g/mol. The zero-order valence-electron chi connectivity index (χ0n) is 12.2. The van der Waals surface area contributed by atoms with E-state index in [-0.39, 0.29) is 5.56 Å². The zero-order chi connectivity index (χ0) is 15.3. The molecule has 1 saturated heterocycles. The monoisotopic (exact) mass is 281 g/mol. The summed E-state index contributed by atoms with van der Waals surface area (Å²) in [6.45, 7) is 9.06. The predicted octanol–water partition coefficient (Wildman–Crippen LogP) is 2.34. The van der Waals surface area contributed by atoms with Crippen molar-refractivity contribution < 1.29 is 18.6 Å². The van der Waals surface area contributed by atoms with Crippen molar-refractivity contribution in [1.82, 2.24) is 0 Å². The molecule has 1 aliphatic rings. The second-order valence-corrected chi connectivity index (χ2v) is 5.96. The average molecular weight is 281 g/mol. The molecule has 1 aromatic rings. The molecule has 0 N–H and O–H groups in total. The molecule has 0 amide bonds. The Morgan fingerprint density at radius 2 is 1.70 bits per heavy atom. The van der Waals surface area contributed by atoms with Crippen LogP contribution in [0.2, 0.25) is 0 Å². The van der Waals surface area contributed by atoms with Crippen LogP contribution < -0.4 is 5.46 Å². The van der Waals surface area contributed by atoms with Crippen LogP contribution in [0.5, 0.6) is 0 Å². The van der Waals surface area contributed by atoms with Crippen molar-refractivity contribution in [2.24, 2.45) is 0 Å². The Hall–Kier alpha value is -1.47. The third kappa shape index (κ3) is 2.21. The first-order valence-electron chi connectivity index (χ1n) is 6.36. The van der Waals surface area contributed by atoms with E-state index < -0.39 is 34.7 Å². The van der Waals surface area contributed by atoms with E-state index >= 15 is 0 Å². The topological polar surface area (TPSA) is 61.6 Å². The molecule has 5 nitrogen and oxygen atoms in total. The van der Waals surface area contributed by atoms with Crippen molar-refractivity contribution in [3.63, 3.8) is 0 Å². The van der Waals surface area contributed by atoms with Gasteiger partial charge in [0.1, 0.15) is 0 Å². The number of benzene rings is 1. The van der Waals surface area contributed by atoms with E-state index in [1.54, 1.807) is 0 Å². The second kappa shape index (κ2) is 4.53. The number of halogens is 1. The molecule has 1 aromatic carbocycles. The van der Waals surface area contributed by atoms with Crippen LogP contribution in [0, 0.1) is 22.9 Å². The van der Waals surface area contributed by atoms with Crippen molar-refractivity contribution in [1.29, 1.82) is 0 Å². The number of hydrogen-bond donors (Lipinski definition) is 0. The van der Waals surface area contributed by atoms with Gasteiger partial charge in [-0.1, -0.05) is 6.07 Å². The van der Waals surface area contributed by atoms with Crippen LogP contribution in [0.1, 0.15) is 33.3 Å². The zero-order valence-corrected chi connectivity index (χ0v) is 12.2. The molecule has 0 radical (unpaired) electrons. The van der Waals surface area contributed by atoms with E-state index in [1.807, 2.05) is 27.7 Å². The van der Waals surface area contributed by atoms with Gasteiger partial charge >= 0.3 is 12.8 Å². The maximum absolute atomic E-state index is 13.5. The van der Waals surface area contributed by atoms with Crippen LogP contribution in [-0.4, -0.2) is 23.2 Å². The third-order valence-corrected chi connectivity index (χ3v) is 4.11. The Labute approximate surface area is 117 Å². The summed E-state index contributed by atoms with van der Waals surface area (Å²) in [6, 6.07) is 2.55. The van der Waals surface area contributed by atoms with E-state index in [0.717, 1.165) is 6.07 Å². The highest BCUT2D eigenvalue weighted by Gasteiger charge is 2.52. The number of rotatable bonds is 2. The fourth-order valence-electron chi connectivity index (χ4n) is 2.13. The third-order valence-electron chi connectivity index (χ3n) is 4.11. The molecule has 0 atom stereocenters. The summed E-state index contributed by atoms with van der Waals surface area (Å²) >= 11 is 0. The molecule has 1 aliphatic heterocycles. The molecule has 0 saturated carbocycles. The molecule has 1 heterocycles. The minimum atomic E-state index is -0.854. The predicted molar refractivity (Wildman–Crippen MR) is 73.5 cm³/mol. The quantitative estimate of drug-likeness (QED) is 0.474. The summed E-state index contributed by atoms with van der Waals surface area (Å²) < 4.78 is 25.2. The molecule has 0 aromatic heterocycles. The SMILES string of the molecule is Cc1c(B2OC(C)(C)C(C)(C)O2)ccc(F)c1[N+](=O)[O-]. The fraction of sp³-hybridized carbons (Fsp3) is 0.538. The lowest BCUT2D eigenvalue weighted by Gasteiger charge is -2.32. The van der Waals surface area contributed by atoms with Gasteiger partial charge in [-0.25, -0.2) is 0 Å². The molecule has 7 heteroatoms. The molecule has 20 heavy (non-hydrogen) atoms. The van der Waals surface area contributed by atoms with E-state index in [4.69, 9.17) is 9.31 Å². The summed E-state index contributed by atoms with van der Waals surface area (Å²) in [7, 11) is -0.737. The van der Waals surface area contributed by atoms with Gasteiger partial charge in [-0.15, -0.1) is 0 Å². The maximum Gasteiger partial charge on any atom is 0.495 e. The van der Waals surface area contributed by atoms with Crippen LogP contribution in [-0.2, 0) is 9.31 Å². The minimum absolute atomic E-state index is 0.230. The van der Waals surface area contributed by atoms with Crippen molar-refractivity contribution in [3.8, 4) is 0 Å². The van der Waals surface area contributed by atoms with Gasteiger partial charge in [0.05, 0.1) is 16.1 Å². The van der Waals surface area contributed by atoms with Crippen LogP contribution in [0.25, 0.3) is 0 Å². The molecule has 0 spiro atoms. The van der Waals surface area contributed by atoms with Crippen molar-refractivity contribution in [2.45, 2.75) is 45.8 Å². The van der Waals surface area contributed by atoms with Gasteiger partial charge in [0.25, 0.3) is 0 Å². The number of hydrogen-bond acceptors (Lipinski definition) is 4. The Bertz CT molecular complexity index is 558. The van der Waals surface area contributed by atoms with E-state index in [2.05, 4.69) is 0 Å². The number of nitro groups is 1. The van der Waals surface area contributed by atoms with Crippen molar-refractivity contribution >= 4 is 18.3 Å². The average Bonchev–Trinajstić information content (AvgIpc) is 2.47. The van der Waals surface area contributed by atoms with E-state index in [9.17, 15) is 14.5 Å². The van der Waals surface area contributed by atoms with Crippen LogP contribution in [0.3, 0.4) is 0 Å². The van der Waals surface area contributed by atoms with Crippen LogP contribution in [0.15, 0.2) is 12.1 Å². The standard InChI is InChI=1S/C13H17BFNO4/c1-8-9(6-7-10(15)11(8)16(17)18)14-19-12(2,3)13(4,5)20-14/h6-7H,1-5H3. The maximum atomic E-state index is 13.5. The highest BCUT2D eigenvalue weighted by atomic mass is 19.1. The highest BCUT2D eigenvalue weighted by Crippen LogP contribution is 2.37. The summed E-state index contributed by atoms with van der Waals surface area (Å²) in [4.78, 5) is 10.2. The first-order valence-corrected chi connectivity index (χ1v) is 6.36. The number of nitrogens with zero attached hydrogens (tertiary/aromatic N) is 1. The molecule has 0 aliphatic carbocycles. The molecule has 0 unspecified atom stereocenters. The number of nitro benzene ring substituents is 1. The summed E-state index contributed by atoms with van der Waals surface area (Å²) in [5, 5.41) is 10.9. The Balaban J connectivity index is 2.46. The first-order chi connectivity index (χ1) is 9.07. The van der Waals surface area contributed by atoms with Gasteiger partial charge in [-0.2, -0.15) is 4.39 Å². The molecular formula is C13H17BFNO4. The van der Waals surface area contributed by atoms with Gasteiger partial charge in [0.2, 0.25) is 5.82 Å². The smallest absolute Gasteiger partial charge is 0.399 e. The van der Waals surface area contributed by atoms with Crippen LogP contribution in [0.4, 0.5) is 10.1 Å². The van der Waals surface area contributed by atoms with Gasteiger partial charge in [0.15, 0.2) is 0 Å².